The number of carbonyl (C=O) groups is 1. The lowest BCUT2D eigenvalue weighted by atomic mass is 10.2. The highest BCUT2D eigenvalue weighted by molar-refractivity contribution is 6.30. The molecule has 138 valence electrons. The molecule has 0 bridgehead atoms. The molecule has 6 nitrogen and oxygen atoms in total. The molecule has 0 spiro atoms. The van der Waals surface area contributed by atoms with Gasteiger partial charge in [-0.1, -0.05) is 0 Å². The number of amides is 1. The molecule has 0 N–H and O–H groups in total. The Morgan fingerprint density at radius 3 is 2.27 bits per heavy atom. The number of hydrogen-bond acceptors (Lipinski definition) is 5. The number of alkyl halides is 1. The average Bonchev–Trinajstić information content (AvgIpc) is 2.68. The van der Waals surface area contributed by atoms with Crippen LogP contribution in [0.15, 0.2) is 30.3 Å². The van der Waals surface area contributed by atoms with Crippen LogP contribution < -0.4 is 23.8 Å². The van der Waals surface area contributed by atoms with Crippen molar-refractivity contribution in [3.8, 4) is 23.0 Å². The maximum atomic E-state index is 14.2. The van der Waals surface area contributed by atoms with Crippen molar-refractivity contribution in [3.63, 3.8) is 0 Å². The molecule has 2 aromatic carbocycles. The largest absolute Gasteiger partial charge is 0.493 e. The van der Waals surface area contributed by atoms with E-state index in [1.54, 1.807) is 18.2 Å². The standard InChI is InChI=1S/C18H17ClFNO5/c1-23-15-8-12(9-16(24-2)18(15)20)21(17(22)10-19)11-3-4-13-14(7-11)26-6-5-25-13/h3-4,7-9H,5-6,10H2,1-2H3. The summed E-state index contributed by atoms with van der Waals surface area (Å²) in [7, 11) is 2.67. The van der Waals surface area contributed by atoms with Crippen LogP contribution in [0.5, 0.6) is 23.0 Å². The van der Waals surface area contributed by atoms with Crippen molar-refractivity contribution in [2.75, 3.05) is 38.2 Å². The Morgan fingerprint density at radius 2 is 1.69 bits per heavy atom. The summed E-state index contributed by atoms with van der Waals surface area (Å²) in [4.78, 5) is 13.9. The summed E-state index contributed by atoms with van der Waals surface area (Å²) in [6.07, 6.45) is 0. The van der Waals surface area contributed by atoms with Gasteiger partial charge < -0.3 is 18.9 Å². The highest BCUT2D eigenvalue weighted by atomic mass is 35.5. The third-order valence-electron chi connectivity index (χ3n) is 3.84. The lowest BCUT2D eigenvalue weighted by Crippen LogP contribution is -2.27. The first kappa shape index (κ1) is 18.1. The van der Waals surface area contributed by atoms with Crippen LogP contribution in [-0.4, -0.2) is 39.2 Å². The van der Waals surface area contributed by atoms with Gasteiger partial charge in [0.25, 0.3) is 0 Å². The van der Waals surface area contributed by atoms with E-state index in [-0.39, 0.29) is 17.4 Å². The van der Waals surface area contributed by atoms with Gasteiger partial charge in [0.2, 0.25) is 11.7 Å². The molecule has 0 fully saturated rings. The monoisotopic (exact) mass is 381 g/mol. The van der Waals surface area contributed by atoms with E-state index in [2.05, 4.69) is 0 Å². The van der Waals surface area contributed by atoms with Crippen LogP contribution in [0.4, 0.5) is 15.8 Å². The lowest BCUT2D eigenvalue weighted by molar-refractivity contribution is -0.115. The molecular weight excluding hydrogens is 365 g/mol. The minimum Gasteiger partial charge on any atom is -0.493 e. The maximum absolute atomic E-state index is 14.2. The summed E-state index contributed by atoms with van der Waals surface area (Å²) in [5, 5.41) is 0. The number of carbonyl (C=O) groups excluding carboxylic acids is 1. The van der Waals surface area contributed by atoms with Gasteiger partial charge in [0.05, 0.1) is 25.6 Å². The molecule has 8 heteroatoms. The van der Waals surface area contributed by atoms with E-state index < -0.39 is 11.7 Å². The summed E-state index contributed by atoms with van der Waals surface area (Å²) in [6, 6.07) is 7.87. The number of hydrogen-bond donors (Lipinski definition) is 0. The zero-order chi connectivity index (χ0) is 18.7. The van der Waals surface area contributed by atoms with Gasteiger partial charge in [-0.15, -0.1) is 11.6 Å². The van der Waals surface area contributed by atoms with Gasteiger partial charge in [0.1, 0.15) is 19.1 Å². The molecule has 0 aromatic heterocycles. The Morgan fingerprint density at radius 1 is 1.08 bits per heavy atom. The first-order chi connectivity index (χ1) is 12.6. The molecule has 1 amide bonds. The Kier molecular flexibility index (Phi) is 5.37. The molecule has 3 rings (SSSR count). The number of ether oxygens (including phenoxy) is 4. The van der Waals surface area contributed by atoms with E-state index in [4.69, 9.17) is 30.5 Å². The van der Waals surface area contributed by atoms with Crippen molar-refractivity contribution in [2.24, 2.45) is 0 Å². The highest BCUT2D eigenvalue weighted by Crippen LogP contribution is 2.39. The maximum Gasteiger partial charge on any atom is 0.246 e. The number of fused-ring (bicyclic) bond motifs is 1. The average molecular weight is 382 g/mol. The van der Waals surface area contributed by atoms with Crippen molar-refractivity contribution >= 4 is 28.9 Å². The summed E-state index contributed by atoms with van der Waals surface area (Å²) in [6.45, 7) is 0.876. The molecule has 0 saturated carbocycles. The Labute approximate surface area is 155 Å². The fourth-order valence-corrected chi connectivity index (χ4v) is 2.77. The molecular formula is C18H17ClFNO5. The summed E-state index contributed by atoms with van der Waals surface area (Å²) < 4.78 is 35.4. The zero-order valence-electron chi connectivity index (χ0n) is 14.3. The van der Waals surface area contributed by atoms with E-state index in [1.807, 2.05) is 0 Å². The SMILES string of the molecule is COc1cc(N(C(=O)CCl)c2ccc3c(c2)OCCO3)cc(OC)c1F. The molecule has 0 saturated heterocycles. The smallest absolute Gasteiger partial charge is 0.246 e. The molecule has 0 aliphatic carbocycles. The first-order valence-corrected chi connectivity index (χ1v) is 8.32. The van der Waals surface area contributed by atoms with Gasteiger partial charge >= 0.3 is 0 Å². The van der Waals surface area contributed by atoms with Crippen LogP contribution >= 0.6 is 11.6 Å². The fraction of sp³-hybridized carbons (Fsp3) is 0.278. The number of halogens is 2. The third-order valence-corrected chi connectivity index (χ3v) is 4.06. The van der Waals surface area contributed by atoms with Crippen LogP contribution in [-0.2, 0) is 4.79 Å². The van der Waals surface area contributed by atoms with Crippen LogP contribution in [0.3, 0.4) is 0 Å². The molecule has 0 atom stereocenters. The van der Waals surface area contributed by atoms with Crippen molar-refractivity contribution in [3.05, 3.63) is 36.1 Å². The van der Waals surface area contributed by atoms with Crippen molar-refractivity contribution in [1.29, 1.82) is 0 Å². The minimum absolute atomic E-state index is 0.0516. The van der Waals surface area contributed by atoms with Gasteiger partial charge in [0, 0.05) is 18.2 Å². The quantitative estimate of drug-likeness (QED) is 0.742. The third kappa shape index (κ3) is 3.35. The molecule has 0 radical (unpaired) electrons. The van der Waals surface area contributed by atoms with E-state index in [9.17, 15) is 9.18 Å². The summed E-state index contributed by atoms with van der Waals surface area (Å²) in [5.74, 6) is -0.322. The Hall–Kier alpha value is -2.67. The summed E-state index contributed by atoms with van der Waals surface area (Å²) >= 11 is 5.78. The lowest BCUT2D eigenvalue weighted by Gasteiger charge is -2.25. The van der Waals surface area contributed by atoms with Gasteiger partial charge in [-0.3, -0.25) is 9.69 Å². The van der Waals surface area contributed by atoms with Gasteiger partial charge in [-0.2, -0.15) is 4.39 Å². The highest BCUT2D eigenvalue weighted by Gasteiger charge is 2.23. The van der Waals surface area contributed by atoms with Crippen molar-refractivity contribution in [2.45, 2.75) is 0 Å². The predicted molar refractivity (Wildman–Crippen MR) is 94.8 cm³/mol. The van der Waals surface area contributed by atoms with Gasteiger partial charge in [0.15, 0.2) is 23.0 Å². The minimum atomic E-state index is -0.654. The van der Waals surface area contributed by atoms with E-state index in [0.717, 1.165) is 0 Å². The Bertz CT molecular complexity index is 804. The predicted octanol–water partition coefficient (Wildman–Crippen LogP) is 3.52. The van der Waals surface area contributed by atoms with Crippen LogP contribution in [0.1, 0.15) is 0 Å². The van der Waals surface area contributed by atoms with Gasteiger partial charge in [-0.05, 0) is 12.1 Å². The number of methoxy groups -OCH3 is 2. The van der Waals surface area contributed by atoms with Crippen LogP contribution in [0.2, 0.25) is 0 Å². The number of rotatable bonds is 5. The zero-order valence-corrected chi connectivity index (χ0v) is 15.0. The van der Waals surface area contributed by atoms with Gasteiger partial charge in [-0.25, -0.2) is 0 Å². The van der Waals surface area contributed by atoms with Crippen LogP contribution in [0, 0.1) is 5.82 Å². The van der Waals surface area contributed by atoms with E-state index in [0.29, 0.717) is 36.1 Å². The van der Waals surface area contributed by atoms with Crippen molar-refractivity contribution < 1.29 is 28.1 Å². The first-order valence-electron chi connectivity index (χ1n) is 7.79. The molecule has 1 heterocycles. The second-order valence-electron chi connectivity index (χ2n) is 5.36. The molecule has 2 aromatic rings. The molecule has 26 heavy (non-hydrogen) atoms. The topological polar surface area (TPSA) is 57.2 Å². The van der Waals surface area contributed by atoms with E-state index in [1.165, 1.54) is 31.3 Å². The summed E-state index contributed by atoms with van der Waals surface area (Å²) in [5.41, 5.74) is 0.845. The second kappa shape index (κ2) is 7.70. The second-order valence-corrected chi connectivity index (χ2v) is 5.62. The van der Waals surface area contributed by atoms with Crippen LogP contribution in [0.25, 0.3) is 0 Å². The Balaban J connectivity index is 2.11. The van der Waals surface area contributed by atoms with E-state index >= 15 is 0 Å². The number of anilines is 2. The molecule has 1 aliphatic rings. The molecule has 1 aliphatic heterocycles. The molecule has 0 unspecified atom stereocenters. The fourth-order valence-electron chi connectivity index (χ4n) is 2.65. The number of benzene rings is 2. The normalized spacial score (nSPS) is 12.5. The number of nitrogens with zero attached hydrogens (tertiary/aromatic N) is 1. The van der Waals surface area contributed by atoms with Crippen molar-refractivity contribution in [1.82, 2.24) is 0 Å².